The van der Waals surface area contributed by atoms with E-state index in [4.69, 9.17) is 0 Å². The van der Waals surface area contributed by atoms with Gasteiger partial charge in [0.05, 0.1) is 11.4 Å². The van der Waals surface area contributed by atoms with Gasteiger partial charge in [-0.15, -0.1) is 0 Å². The standard InChI is InChI=1S/C18H23BrFN5/c1-25(2)9-3-8-21-18-23-16(12-4-5-12)11-17(24-18)22-15-7-6-13(19)10-14(15)20/h6-7,10-12H,3-5,8-9H2,1-2H3,(H2,21,22,23,24). The average molecular weight is 408 g/mol. The molecule has 1 saturated carbocycles. The van der Waals surface area contributed by atoms with Crippen LogP contribution in [-0.2, 0) is 0 Å². The van der Waals surface area contributed by atoms with E-state index >= 15 is 0 Å². The Kier molecular flexibility index (Phi) is 5.86. The molecule has 0 unspecified atom stereocenters. The predicted molar refractivity (Wildman–Crippen MR) is 103 cm³/mol. The summed E-state index contributed by atoms with van der Waals surface area (Å²) >= 11 is 3.27. The lowest BCUT2D eigenvalue weighted by Crippen LogP contribution is -2.17. The summed E-state index contributed by atoms with van der Waals surface area (Å²) in [5.74, 6) is 1.40. The molecule has 0 spiro atoms. The van der Waals surface area contributed by atoms with Crippen molar-refractivity contribution in [1.29, 1.82) is 0 Å². The zero-order valence-corrected chi connectivity index (χ0v) is 16.1. The van der Waals surface area contributed by atoms with Crippen LogP contribution in [0, 0.1) is 5.82 Å². The highest BCUT2D eigenvalue weighted by Crippen LogP contribution is 2.40. The molecular formula is C18H23BrFN5. The number of anilines is 3. The molecule has 0 radical (unpaired) electrons. The second kappa shape index (κ2) is 8.10. The highest BCUT2D eigenvalue weighted by atomic mass is 79.9. The van der Waals surface area contributed by atoms with E-state index < -0.39 is 0 Å². The van der Waals surface area contributed by atoms with Gasteiger partial charge in [0.15, 0.2) is 0 Å². The fraction of sp³-hybridized carbons (Fsp3) is 0.444. The molecule has 1 aromatic heterocycles. The summed E-state index contributed by atoms with van der Waals surface area (Å²) < 4.78 is 14.8. The van der Waals surface area contributed by atoms with Gasteiger partial charge in [-0.3, -0.25) is 0 Å². The summed E-state index contributed by atoms with van der Waals surface area (Å²) in [6.45, 7) is 1.81. The molecule has 0 atom stereocenters. The van der Waals surface area contributed by atoms with Crippen molar-refractivity contribution in [1.82, 2.24) is 14.9 Å². The van der Waals surface area contributed by atoms with Gasteiger partial charge in [-0.25, -0.2) is 9.37 Å². The Morgan fingerprint density at radius 1 is 1.24 bits per heavy atom. The zero-order chi connectivity index (χ0) is 17.8. The molecule has 2 aromatic rings. The number of hydrogen-bond donors (Lipinski definition) is 2. The van der Waals surface area contributed by atoms with E-state index in [2.05, 4.69) is 55.5 Å². The maximum Gasteiger partial charge on any atom is 0.224 e. The van der Waals surface area contributed by atoms with Crippen LogP contribution < -0.4 is 10.6 Å². The molecule has 1 aliphatic rings. The largest absolute Gasteiger partial charge is 0.354 e. The van der Waals surface area contributed by atoms with Crippen molar-refractivity contribution in [3.05, 3.63) is 40.2 Å². The van der Waals surface area contributed by atoms with E-state index in [9.17, 15) is 4.39 Å². The number of rotatable bonds is 8. The summed E-state index contributed by atoms with van der Waals surface area (Å²) in [5.41, 5.74) is 1.42. The minimum Gasteiger partial charge on any atom is -0.354 e. The number of benzene rings is 1. The van der Waals surface area contributed by atoms with Gasteiger partial charge in [0.1, 0.15) is 11.6 Å². The van der Waals surface area contributed by atoms with E-state index in [1.807, 2.05) is 6.07 Å². The lowest BCUT2D eigenvalue weighted by atomic mass is 10.2. The Labute approximate surface area is 156 Å². The van der Waals surface area contributed by atoms with E-state index in [1.165, 1.54) is 6.07 Å². The number of halogens is 2. The van der Waals surface area contributed by atoms with E-state index in [1.54, 1.807) is 12.1 Å². The van der Waals surface area contributed by atoms with Gasteiger partial charge in [0, 0.05) is 23.0 Å². The minimum atomic E-state index is -0.318. The SMILES string of the molecule is CN(C)CCCNc1nc(Nc2ccc(Br)cc2F)cc(C2CC2)n1. The summed E-state index contributed by atoms with van der Waals surface area (Å²) in [4.78, 5) is 11.3. The molecule has 7 heteroatoms. The van der Waals surface area contributed by atoms with E-state index in [-0.39, 0.29) is 5.82 Å². The van der Waals surface area contributed by atoms with Crippen LogP contribution in [-0.4, -0.2) is 42.1 Å². The van der Waals surface area contributed by atoms with Crippen LogP contribution in [0.5, 0.6) is 0 Å². The molecule has 0 bridgehead atoms. The minimum absolute atomic E-state index is 0.318. The smallest absolute Gasteiger partial charge is 0.224 e. The molecule has 0 saturated heterocycles. The lowest BCUT2D eigenvalue weighted by molar-refractivity contribution is 0.405. The Balaban J connectivity index is 1.73. The molecule has 1 fully saturated rings. The first-order valence-electron chi connectivity index (χ1n) is 8.51. The molecule has 2 N–H and O–H groups in total. The fourth-order valence-electron chi connectivity index (χ4n) is 2.52. The second-order valence-corrected chi connectivity index (χ2v) is 7.52. The van der Waals surface area contributed by atoms with Gasteiger partial charge in [-0.1, -0.05) is 15.9 Å². The van der Waals surface area contributed by atoms with Crippen molar-refractivity contribution in [2.45, 2.75) is 25.2 Å². The quantitative estimate of drug-likeness (QED) is 0.636. The van der Waals surface area contributed by atoms with Crippen LogP contribution in [0.3, 0.4) is 0 Å². The van der Waals surface area contributed by atoms with Crippen LogP contribution in [0.2, 0.25) is 0 Å². The summed E-state index contributed by atoms with van der Waals surface area (Å²) in [7, 11) is 4.11. The van der Waals surface area contributed by atoms with Gasteiger partial charge in [0.2, 0.25) is 5.95 Å². The van der Waals surface area contributed by atoms with Gasteiger partial charge in [-0.2, -0.15) is 4.98 Å². The summed E-state index contributed by atoms with van der Waals surface area (Å²) in [6, 6.07) is 6.85. The Hall–Kier alpha value is -1.73. The van der Waals surface area contributed by atoms with Crippen molar-refractivity contribution in [2.24, 2.45) is 0 Å². The second-order valence-electron chi connectivity index (χ2n) is 6.61. The molecular weight excluding hydrogens is 385 g/mol. The third kappa shape index (κ3) is 5.37. The van der Waals surface area contributed by atoms with Crippen molar-refractivity contribution < 1.29 is 4.39 Å². The molecule has 25 heavy (non-hydrogen) atoms. The molecule has 3 rings (SSSR count). The monoisotopic (exact) mass is 407 g/mol. The molecule has 1 aliphatic carbocycles. The van der Waals surface area contributed by atoms with E-state index in [0.717, 1.165) is 38.0 Å². The first-order valence-corrected chi connectivity index (χ1v) is 9.30. The summed E-state index contributed by atoms with van der Waals surface area (Å²) in [5, 5.41) is 6.36. The third-order valence-electron chi connectivity index (χ3n) is 4.00. The van der Waals surface area contributed by atoms with Gasteiger partial charge in [-0.05, 0) is 58.1 Å². The maximum atomic E-state index is 14.1. The number of nitrogens with one attached hydrogen (secondary N) is 2. The topological polar surface area (TPSA) is 53.1 Å². The Morgan fingerprint density at radius 3 is 2.72 bits per heavy atom. The molecule has 0 amide bonds. The first kappa shape index (κ1) is 18.1. The van der Waals surface area contributed by atoms with Crippen LogP contribution in [0.25, 0.3) is 0 Å². The van der Waals surface area contributed by atoms with Crippen LogP contribution in [0.1, 0.15) is 30.9 Å². The van der Waals surface area contributed by atoms with E-state index in [0.29, 0.717) is 27.8 Å². The molecule has 5 nitrogen and oxygen atoms in total. The van der Waals surface area contributed by atoms with Crippen molar-refractivity contribution >= 4 is 33.4 Å². The van der Waals surface area contributed by atoms with Gasteiger partial charge >= 0.3 is 0 Å². The fourth-order valence-corrected chi connectivity index (χ4v) is 2.85. The highest BCUT2D eigenvalue weighted by molar-refractivity contribution is 9.10. The normalized spacial score (nSPS) is 14.0. The Bertz CT molecular complexity index is 733. The highest BCUT2D eigenvalue weighted by Gasteiger charge is 2.26. The zero-order valence-electron chi connectivity index (χ0n) is 14.5. The predicted octanol–water partition coefficient (Wildman–Crippen LogP) is 4.36. The van der Waals surface area contributed by atoms with Gasteiger partial charge < -0.3 is 15.5 Å². The average Bonchev–Trinajstić information content (AvgIpc) is 3.39. The molecule has 1 aromatic carbocycles. The Morgan fingerprint density at radius 2 is 2.04 bits per heavy atom. The van der Waals surface area contributed by atoms with Crippen LogP contribution >= 0.6 is 15.9 Å². The van der Waals surface area contributed by atoms with Crippen molar-refractivity contribution in [2.75, 3.05) is 37.8 Å². The molecule has 134 valence electrons. The van der Waals surface area contributed by atoms with Gasteiger partial charge in [0.25, 0.3) is 0 Å². The van der Waals surface area contributed by atoms with Crippen LogP contribution in [0.15, 0.2) is 28.7 Å². The van der Waals surface area contributed by atoms with Crippen molar-refractivity contribution in [3.8, 4) is 0 Å². The number of hydrogen-bond acceptors (Lipinski definition) is 5. The molecule has 0 aliphatic heterocycles. The first-order chi connectivity index (χ1) is 12.0. The molecule has 1 heterocycles. The maximum absolute atomic E-state index is 14.1. The van der Waals surface area contributed by atoms with Crippen molar-refractivity contribution in [3.63, 3.8) is 0 Å². The number of aromatic nitrogens is 2. The number of nitrogens with zero attached hydrogens (tertiary/aromatic N) is 3. The van der Waals surface area contributed by atoms with Crippen LogP contribution in [0.4, 0.5) is 21.8 Å². The summed E-state index contributed by atoms with van der Waals surface area (Å²) in [6.07, 6.45) is 3.32. The lowest BCUT2D eigenvalue weighted by Gasteiger charge is -2.13. The third-order valence-corrected chi connectivity index (χ3v) is 4.49.